The summed E-state index contributed by atoms with van der Waals surface area (Å²) in [7, 11) is -3.72. The molecule has 0 atom stereocenters. The summed E-state index contributed by atoms with van der Waals surface area (Å²) in [5, 5.41) is 7.89. The third-order valence-corrected chi connectivity index (χ3v) is 5.04. The molecule has 8 heteroatoms. The van der Waals surface area contributed by atoms with Crippen molar-refractivity contribution in [2.45, 2.75) is 45.4 Å². The van der Waals surface area contributed by atoms with Crippen LogP contribution in [0.25, 0.3) is 0 Å². The van der Waals surface area contributed by atoms with E-state index >= 15 is 0 Å². The van der Waals surface area contributed by atoms with Crippen LogP contribution in [-0.4, -0.2) is 11.8 Å². The molecule has 0 aliphatic carbocycles. The lowest BCUT2D eigenvalue weighted by molar-refractivity contribution is 0.205. The van der Waals surface area contributed by atoms with Gasteiger partial charge in [-0.15, -0.1) is 4.91 Å². The molecule has 0 aliphatic rings. The van der Waals surface area contributed by atoms with Crippen LogP contribution in [0.2, 0.25) is 0 Å². The summed E-state index contributed by atoms with van der Waals surface area (Å²) in [5.74, 6) is 0.925. The van der Waals surface area contributed by atoms with Gasteiger partial charge in [0.2, 0.25) is 0 Å². The second-order valence-corrected chi connectivity index (χ2v) is 7.46. The van der Waals surface area contributed by atoms with Crippen molar-refractivity contribution in [1.82, 2.24) is 0 Å². The molecule has 2 aromatic rings. The van der Waals surface area contributed by atoms with Crippen molar-refractivity contribution < 1.29 is 23.3 Å². The number of hydrogen-bond donors (Lipinski definition) is 1. The number of rotatable bonds is 12. The molecule has 2 rings (SSSR count). The first kappa shape index (κ1) is 23.7. The highest BCUT2D eigenvalue weighted by atomic mass is 31.2. The fraction of sp³-hybridized carbons (Fsp3) is 0.400. The van der Waals surface area contributed by atoms with Gasteiger partial charge < -0.3 is 14.3 Å². The highest BCUT2D eigenvalue weighted by Gasteiger charge is 2.30. The smallest absolute Gasteiger partial charge is 0.395 e. The molecule has 0 spiro atoms. The quantitative estimate of drug-likeness (QED) is 0.180. The largest absolute Gasteiger partial charge is 0.587 e. The molecule has 0 bridgehead atoms. The summed E-state index contributed by atoms with van der Waals surface area (Å²) in [6.07, 6.45) is 6.77. The molecule has 0 amide bonds. The molecule has 7 nitrogen and oxygen atoms in total. The number of phosphoric ester groups is 1. The fourth-order valence-electron chi connectivity index (χ4n) is 2.35. The monoisotopic (exact) mass is 409 g/mol. The van der Waals surface area contributed by atoms with Crippen LogP contribution >= 0.6 is 7.82 Å². The molecule has 2 aromatic carbocycles. The normalized spacial score (nSPS) is 10.5. The fourth-order valence-corrected chi connectivity index (χ4v) is 3.61. The second-order valence-electron chi connectivity index (χ2n) is 5.94. The maximum absolute atomic E-state index is 13.0. The summed E-state index contributed by atoms with van der Waals surface area (Å²) in [4.78, 5) is 8.11. The van der Waals surface area contributed by atoms with Gasteiger partial charge in [-0.3, -0.25) is 4.52 Å². The Morgan fingerprint density at radius 2 is 1.25 bits per heavy atom. The maximum atomic E-state index is 13.0. The first-order chi connectivity index (χ1) is 13.6. The molecular weight excluding hydrogens is 381 g/mol. The molecule has 0 saturated heterocycles. The maximum Gasteiger partial charge on any atom is 0.587 e. The number of unbranched alkanes of at least 4 members (excludes halogenated alkanes) is 5. The first-order valence-electron chi connectivity index (χ1n) is 9.34. The van der Waals surface area contributed by atoms with Crippen LogP contribution in [0.3, 0.4) is 0 Å². The van der Waals surface area contributed by atoms with Crippen LogP contribution in [0.1, 0.15) is 45.4 Å². The Bertz CT molecular complexity index is 638. The Kier molecular flexibility index (Phi) is 12.4. The van der Waals surface area contributed by atoms with Gasteiger partial charge in [0.15, 0.2) is 5.34 Å². The minimum atomic E-state index is -3.72. The minimum absolute atomic E-state index is 0.350. The lowest BCUT2D eigenvalue weighted by atomic mass is 10.1. The molecule has 0 aliphatic heterocycles. The van der Waals surface area contributed by atoms with Gasteiger partial charge in [-0.05, 0) is 30.7 Å². The lowest BCUT2D eigenvalue weighted by Crippen LogP contribution is -2.06. The van der Waals surface area contributed by atoms with Crippen molar-refractivity contribution in [1.29, 1.82) is 0 Å². The van der Waals surface area contributed by atoms with Crippen molar-refractivity contribution in [3.8, 4) is 11.5 Å². The van der Waals surface area contributed by atoms with E-state index in [2.05, 4.69) is 6.92 Å². The third kappa shape index (κ3) is 10.7. The van der Waals surface area contributed by atoms with E-state index in [4.69, 9.17) is 23.7 Å². The average Bonchev–Trinajstić information content (AvgIpc) is 2.69. The number of benzene rings is 2. The predicted octanol–water partition coefficient (Wildman–Crippen LogP) is 6.77. The second kappa shape index (κ2) is 14.7. The molecular formula is C20H28NO6P. The molecule has 1 N–H and O–H groups in total. The molecule has 0 radical (unpaired) electrons. The number of phosphoric acid groups is 1. The van der Waals surface area contributed by atoms with Gasteiger partial charge in [0.25, 0.3) is 0 Å². The summed E-state index contributed by atoms with van der Waals surface area (Å²) in [6.45, 7) is 2.55. The van der Waals surface area contributed by atoms with E-state index < -0.39 is 7.82 Å². The predicted molar refractivity (Wildman–Crippen MR) is 109 cm³/mol. The molecule has 28 heavy (non-hydrogen) atoms. The minimum Gasteiger partial charge on any atom is -0.395 e. The zero-order chi connectivity index (χ0) is 20.5. The van der Waals surface area contributed by atoms with E-state index in [-0.39, 0.29) is 0 Å². The van der Waals surface area contributed by atoms with E-state index in [0.29, 0.717) is 18.1 Å². The third-order valence-electron chi connectivity index (χ3n) is 3.67. The van der Waals surface area contributed by atoms with Gasteiger partial charge in [0.1, 0.15) is 11.5 Å². The van der Waals surface area contributed by atoms with Gasteiger partial charge in [0.05, 0.1) is 6.61 Å². The molecule has 154 valence electrons. The zero-order valence-electron chi connectivity index (χ0n) is 16.1. The van der Waals surface area contributed by atoms with Crippen LogP contribution in [0.4, 0.5) is 0 Å². The van der Waals surface area contributed by atoms with Crippen molar-refractivity contribution in [3.05, 3.63) is 65.6 Å². The van der Waals surface area contributed by atoms with Crippen LogP contribution in [0.5, 0.6) is 11.5 Å². The summed E-state index contributed by atoms with van der Waals surface area (Å²) in [5.41, 5.74) is 0. The molecule has 0 aromatic heterocycles. The Hall–Kier alpha value is -2.37. The SMILES string of the molecule is CCCCCCCCOP(=O)(Oc1ccccc1)Oc1ccccc1.O=NO. The van der Waals surface area contributed by atoms with Gasteiger partial charge in [-0.1, -0.05) is 75.4 Å². The molecule has 0 saturated carbocycles. The molecule has 0 heterocycles. The van der Waals surface area contributed by atoms with E-state index in [1.165, 1.54) is 31.0 Å². The average molecular weight is 409 g/mol. The topological polar surface area (TPSA) is 94.4 Å². The van der Waals surface area contributed by atoms with E-state index in [1.807, 2.05) is 36.4 Å². The van der Waals surface area contributed by atoms with Gasteiger partial charge >= 0.3 is 7.82 Å². The molecule has 0 fully saturated rings. The Balaban J connectivity index is 0.00000122. The van der Waals surface area contributed by atoms with Crippen LogP contribution < -0.4 is 9.05 Å². The van der Waals surface area contributed by atoms with Gasteiger partial charge in [-0.2, -0.15) is 0 Å². The van der Waals surface area contributed by atoms with E-state index in [1.54, 1.807) is 24.3 Å². The van der Waals surface area contributed by atoms with Crippen LogP contribution in [-0.2, 0) is 9.09 Å². The summed E-state index contributed by atoms with van der Waals surface area (Å²) in [6, 6.07) is 17.9. The van der Waals surface area contributed by atoms with Crippen LogP contribution in [0, 0.1) is 4.91 Å². The van der Waals surface area contributed by atoms with E-state index in [0.717, 1.165) is 12.8 Å². The number of nitrogens with zero attached hydrogens (tertiary/aromatic N) is 1. The van der Waals surface area contributed by atoms with Crippen molar-refractivity contribution >= 4 is 7.82 Å². The highest BCUT2D eigenvalue weighted by Crippen LogP contribution is 2.49. The summed E-state index contributed by atoms with van der Waals surface area (Å²) < 4.78 is 29.7. The number of para-hydroxylation sites is 2. The lowest BCUT2D eigenvalue weighted by Gasteiger charge is -2.19. The van der Waals surface area contributed by atoms with Crippen molar-refractivity contribution in [2.24, 2.45) is 5.34 Å². The van der Waals surface area contributed by atoms with Gasteiger partial charge in [-0.25, -0.2) is 4.57 Å². The summed E-state index contributed by atoms with van der Waals surface area (Å²) >= 11 is 0. The Morgan fingerprint density at radius 3 is 1.71 bits per heavy atom. The standard InChI is InChI=1S/C20H27O4P.HNO2/c1-2-3-4-5-6-13-18-22-25(21,23-19-14-9-7-10-15-19)24-20-16-11-8-12-17-20;2-1-3/h7-12,14-17H,2-6,13,18H2,1H3;(H,2,3). The zero-order valence-corrected chi connectivity index (χ0v) is 17.0. The number of hydrogen-bond acceptors (Lipinski definition) is 6. The first-order valence-corrected chi connectivity index (χ1v) is 10.8. The van der Waals surface area contributed by atoms with E-state index in [9.17, 15) is 4.57 Å². The highest BCUT2D eigenvalue weighted by molar-refractivity contribution is 7.49. The van der Waals surface area contributed by atoms with Gasteiger partial charge in [0, 0.05) is 0 Å². The Morgan fingerprint density at radius 1 is 0.821 bits per heavy atom. The van der Waals surface area contributed by atoms with Crippen LogP contribution in [0.15, 0.2) is 66.0 Å². The Labute approximate surface area is 166 Å². The van der Waals surface area contributed by atoms with Crippen molar-refractivity contribution in [2.75, 3.05) is 6.61 Å². The molecule has 0 unspecified atom stereocenters. The van der Waals surface area contributed by atoms with Crippen molar-refractivity contribution in [3.63, 3.8) is 0 Å².